The fourth-order valence-corrected chi connectivity index (χ4v) is 3.64. The molecule has 2 aliphatic heterocycles. The molecule has 0 radical (unpaired) electrons. The van der Waals surface area contributed by atoms with Crippen LogP contribution >= 0.6 is 0 Å². The fourth-order valence-electron chi connectivity index (χ4n) is 3.64. The molecule has 0 amide bonds. The number of benzene rings is 1. The van der Waals surface area contributed by atoms with E-state index >= 15 is 0 Å². The second-order valence-electron chi connectivity index (χ2n) is 6.86. The van der Waals surface area contributed by atoms with Crippen LogP contribution in [0.4, 0.5) is 18.9 Å². The summed E-state index contributed by atoms with van der Waals surface area (Å²) in [7, 11) is 0. The molecule has 0 atom stereocenters. The summed E-state index contributed by atoms with van der Waals surface area (Å²) < 4.78 is 38.5. The molecule has 2 aliphatic rings. The molecule has 2 saturated heterocycles. The van der Waals surface area contributed by atoms with E-state index in [9.17, 15) is 13.2 Å². The van der Waals surface area contributed by atoms with Crippen LogP contribution in [-0.2, 0) is 6.18 Å². The Hall–Kier alpha value is -1.27. The van der Waals surface area contributed by atoms with Crippen molar-refractivity contribution in [3.63, 3.8) is 0 Å². The van der Waals surface area contributed by atoms with E-state index in [1.54, 1.807) is 6.07 Å². The van der Waals surface area contributed by atoms with Crippen molar-refractivity contribution in [2.75, 3.05) is 50.7 Å². The summed E-state index contributed by atoms with van der Waals surface area (Å²) in [5.41, 5.74) is 0.121. The van der Waals surface area contributed by atoms with Gasteiger partial charge in [-0.2, -0.15) is 13.2 Å². The van der Waals surface area contributed by atoms with Crippen molar-refractivity contribution in [3.8, 4) is 0 Å². The number of piperidine rings is 1. The average molecular weight is 341 g/mol. The molecule has 3 rings (SSSR count). The zero-order valence-corrected chi connectivity index (χ0v) is 14.0. The highest BCUT2D eigenvalue weighted by molar-refractivity contribution is 5.49. The van der Waals surface area contributed by atoms with E-state index in [4.69, 9.17) is 0 Å². The summed E-state index contributed by atoms with van der Waals surface area (Å²) >= 11 is 0. The molecule has 24 heavy (non-hydrogen) atoms. The van der Waals surface area contributed by atoms with E-state index in [0.717, 1.165) is 57.8 Å². The summed E-state index contributed by atoms with van der Waals surface area (Å²) in [6, 6.07) is 5.69. The molecule has 1 N–H and O–H groups in total. The quantitative estimate of drug-likeness (QED) is 0.907. The molecule has 0 spiro atoms. The molecule has 0 aromatic heterocycles. The zero-order valence-electron chi connectivity index (χ0n) is 14.0. The molecule has 2 fully saturated rings. The van der Waals surface area contributed by atoms with E-state index in [0.29, 0.717) is 5.69 Å². The number of rotatable bonds is 4. The highest BCUT2D eigenvalue weighted by atomic mass is 19.4. The summed E-state index contributed by atoms with van der Waals surface area (Å²) in [6.07, 6.45) is -0.494. The molecular weight excluding hydrogens is 315 g/mol. The third-order valence-electron chi connectivity index (χ3n) is 5.22. The normalized spacial score (nSPS) is 21.2. The van der Waals surface area contributed by atoms with Crippen LogP contribution in [0, 0.1) is 5.92 Å². The van der Waals surface area contributed by atoms with E-state index in [-0.39, 0.29) is 0 Å². The minimum Gasteiger partial charge on any atom is -0.369 e. The Bertz CT molecular complexity index is 518. The van der Waals surface area contributed by atoms with Crippen molar-refractivity contribution in [2.24, 2.45) is 5.92 Å². The molecule has 1 aromatic rings. The highest BCUT2D eigenvalue weighted by Gasteiger charge is 2.31. The molecule has 6 heteroatoms. The number of nitrogens with zero attached hydrogens (tertiary/aromatic N) is 2. The summed E-state index contributed by atoms with van der Waals surface area (Å²) in [5.74, 6) is 0.827. The Morgan fingerprint density at radius 2 is 1.75 bits per heavy atom. The lowest BCUT2D eigenvalue weighted by Gasteiger charge is -2.37. The lowest BCUT2D eigenvalue weighted by atomic mass is 9.94. The molecule has 3 nitrogen and oxygen atoms in total. The van der Waals surface area contributed by atoms with Crippen LogP contribution in [0.15, 0.2) is 24.3 Å². The predicted octanol–water partition coefficient (Wildman–Crippen LogP) is 3.22. The average Bonchev–Trinajstić information content (AvgIpc) is 2.61. The van der Waals surface area contributed by atoms with Crippen LogP contribution in [-0.4, -0.2) is 50.7 Å². The highest BCUT2D eigenvalue weighted by Crippen LogP contribution is 2.31. The maximum atomic E-state index is 12.8. The number of alkyl halides is 3. The van der Waals surface area contributed by atoms with E-state index < -0.39 is 11.7 Å². The van der Waals surface area contributed by atoms with Crippen molar-refractivity contribution in [2.45, 2.75) is 25.4 Å². The fraction of sp³-hybridized carbons (Fsp3) is 0.667. The SMILES string of the molecule is FC(F)(F)c1cccc(N2CCN(CCC3CCNCC3)CC2)c1. The van der Waals surface area contributed by atoms with Crippen LogP contribution in [0.25, 0.3) is 0 Å². The minimum atomic E-state index is -4.27. The number of halogens is 3. The van der Waals surface area contributed by atoms with Crippen molar-refractivity contribution in [1.29, 1.82) is 0 Å². The van der Waals surface area contributed by atoms with Gasteiger partial charge in [-0.1, -0.05) is 6.07 Å². The zero-order chi connectivity index (χ0) is 17.0. The van der Waals surface area contributed by atoms with Gasteiger partial charge in [-0.15, -0.1) is 0 Å². The number of anilines is 1. The van der Waals surface area contributed by atoms with Crippen LogP contribution in [0.5, 0.6) is 0 Å². The number of piperazine rings is 1. The van der Waals surface area contributed by atoms with Crippen LogP contribution in [0.3, 0.4) is 0 Å². The summed E-state index contributed by atoms with van der Waals surface area (Å²) in [6.45, 7) is 6.84. The molecule has 0 aliphatic carbocycles. The van der Waals surface area contributed by atoms with Gasteiger partial charge in [0.05, 0.1) is 5.56 Å². The van der Waals surface area contributed by atoms with E-state index in [1.807, 2.05) is 0 Å². The van der Waals surface area contributed by atoms with Gasteiger partial charge in [-0.3, -0.25) is 4.90 Å². The van der Waals surface area contributed by atoms with Crippen molar-refractivity contribution >= 4 is 5.69 Å². The molecule has 1 aromatic carbocycles. The molecule has 2 heterocycles. The maximum Gasteiger partial charge on any atom is 0.416 e. The van der Waals surface area contributed by atoms with E-state index in [2.05, 4.69) is 15.1 Å². The van der Waals surface area contributed by atoms with Crippen LogP contribution in [0.2, 0.25) is 0 Å². The molecular formula is C18H26F3N3. The van der Waals surface area contributed by atoms with E-state index in [1.165, 1.54) is 31.4 Å². The monoisotopic (exact) mass is 341 g/mol. The van der Waals surface area contributed by atoms with Crippen LogP contribution < -0.4 is 10.2 Å². The van der Waals surface area contributed by atoms with Crippen molar-refractivity contribution in [3.05, 3.63) is 29.8 Å². The van der Waals surface area contributed by atoms with Crippen molar-refractivity contribution in [1.82, 2.24) is 10.2 Å². The lowest BCUT2D eigenvalue weighted by Crippen LogP contribution is -2.47. The smallest absolute Gasteiger partial charge is 0.369 e. The first-order valence-electron chi connectivity index (χ1n) is 8.87. The standard InChI is InChI=1S/C18H26F3N3/c19-18(20,21)16-2-1-3-17(14-16)24-12-10-23(11-13-24)9-6-15-4-7-22-8-5-15/h1-3,14-15,22H,4-13H2. The Morgan fingerprint density at radius 1 is 1.04 bits per heavy atom. The summed E-state index contributed by atoms with van der Waals surface area (Å²) in [4.78, 5) is 4.52. The first-order chi connectivity index (χ1) is 11.5. The Balaban J connectivity index is 1.48. The van der Waals surface area contributed by atoms with Gasteiger partial charge in [0.2, 0.25) is 0 Å². The van der Waals surface area contributed by atoms with Gasteiger partial charge in [-0.05, 0) is 63.0 Å². The van der Waals surface area contributed by atoms with Gasteiger partial charge in [0.15, 0.2) is 0 Å². The van der Waals surface area contributed by atoms with Gasteiger partial charge >= 0.3 is 6.18 Å². The van der Waals surface area contributed by atoms with Gasteiger partial charge in [0.25, 0.3) is 0 Å². The second kappa shape index (κ2) is 7.74. The third-order valence-corrected chi connectivity index (χ3v) is 5.22. The Labute approximate surface area is 141 Å². The largest absolute Gasteiger partial charge is 0.416 e. The van der Waals surface area contributed by atoms with Gasteiger partial charge in [0.1, 0.15) is 0 Å². The first kappa shape index (κ1) is 17.5. The maximum absolute atomic E-state index is 12.8. The summed E-state index contributed by atoms with van der Waals surface area (Å²) in [5, 5.41) is 3.39. The molecule has 0 saturated carbocycles. The minimum absolute atomic E-state index is 0.562. The van der Waals surface area contributed by atoms with Gasteiger partial charge in [0, 0.05) is 31.9 Å². The first-order valence-corrected chi connectivity index (χ1v) is 8.87. The second-order valence-corrected chi connectivity index (χ2v) is 6.86. The molecule has 0 bridgehead atoms. The topological polar surface area (TPSA) is 18.5 Å². The van der Waals surface area contributed by atoms with Crippen molar-refractivity contribution < 1.29 is 13.2 Å². The van der Waals surface area contributed by atoms with Gasteiger partial charge < -0.3 is 10.2 Å². The third kappa shape index (κ3) is 4.63. The lowest BCUT2D eigenvalue weighted by molar-refractivity contribution is -0.137. The molecule has 134 valence electrons. The molecule has 0 unspecified atom stereocenters. The number of hydrogen-bond donors (Lipinski definition) is 1. The predicted molar refractivity (Wildman–Crippen MR) is 90.3 cm³/mol. The number of hydrogen-bond acceptors (Lipinski definition) is 3. The van der Waals surface area contributed by atoms with Crippen LogP contribution in [0.1, 0.15) is 24.8 Å². The Morgan fingerprint density at radius 3 is 2.42 bits per heavy atom. The van der Waals surface area contributed by atoms with Gasteiger partial charge in [-0.25, -0.2) is 0 Å². The number of nitrogens with one attached hydrogen (secondary N) is 1. The Kier molecular flexibility index (Phi) is 5.66.